The quantitative estimate of drug-likeness (QED) is 0.638. The fourth-order valence-electron chi connectivity index (χ4n) is 2.48. The van der Waals surface area contributed by atoms with Gasteiger partial charge in [0.1, 0.15) is 9.98 Å². The van der Waals surface area contributed by atoms with Crippen LogP contribution in [0.15, 0.2) is 5.38 Å². The Kier molecular flexibility index (Phi) is 4.26. The third kappa shape index (κ3) is 2.82. The van der Waals surface area contributed by atoms with E-state index in [1.54, 1.807) is 12.3 Å². The monoisotopic (exact) mass is 325 g/mol. The van der Waals surface area contributed by atoms with Crippen molar-refractivity contribution in [2.75, 3.05) is 24.6 Å². The molecule has 7 heteroatoms. The second-order valence-corrected chi connectivity index (χ2v) is 6.13. The minimum Gasteiger partial charge on any atom is -0.462 e. The lowest BCUT2D eigenvalue weighted by molar-refractivity contribution is 0.0529. The van der Waals surface area contributed by atoms with Crippen molar-refractivity contribution < 1.29 is 9.53 Å². The molecule has 0 aliphatic carbocycles. The number of carbonyl (C=O) groups excluding carboxylic acids is 1. The first-order valence-electron chi connectivity index (χ1n) is 7.07. The van der Waals surface area contributed by atoms with Crippen LogP contribution in [0.2, 0.25) is 5.15 Å². The van der Waals surface area contributed by atoms with Gasteiger partial charge in [-0.15, -0.1) is 11.3 Å². The standard InChI is InChI=1S/C14H16ClN3O2S/c1-2-20-13(19)9-8-21-12-10(9)11(15)16-14(17-12)18-6-4-3-5-7-18/h8H,2-7H2,1H3. The summed E-state index contributed by atoms with van der Waals surface area (Å²) in [6.45, 7) is 4.02. The summed E-state index contributed by atoms with van der Waals surface area (Å²) in [7, 11) is 0. The molecule has 0 saturated carbocycles. The van der Waals surface area contributed by atoms with E-state index in [4.69, 9.17) is 16.3 Å². The lowest BCUT2D eigenvalue weighted by Gasteiger charge is -2.26. The maximum Gasteiger partial charge on any atom is 0.339 e. The van der Waals surface area contributed by atoms with Crippen molar-refractivity contribution in [2.45, 2.75) is 26.2 Å². The van der Waals surface area contributed by atoms with Gasteiger partial charge in [-0.25, -0.2) is 14.8 Å². The van der Waals surface area contributed by atoms with Gasteiger partial charge in [0.2, 0.25) is 5.95 Å². The molecular weight excluding hydrogens is 310 g/mol. The van der Waals surface area contributed by atoms with E-state index in [0.29, 0.717) is 28.7 Å². The first-order chi connectivity index (χ1) is 10.2. The van der Waals surface area contributed by atoms with Gasteiger partial charge in [0.25, 0.3) is 0 Å². The van der Waals surface area contributed by atoms with Crippen LogP contribution in [0.25, 0.3) is 10.2 Å². The fraction of sp³-hybridized carbons (Fsp3) is 0.500. The first-order valence-corrected chi connectivity index (χ1v) is 8.33. The van der Waals surface area contributed by atoms with Crippen molar-refractivity contribution in [3.8, 4) is 0 Å². The van der Waals surface area contributed by atoms with Crippen LogP contribution in [-0.4, -0.2) is 35.6 Å². The number of piperidine rings is 1. The van der Waals surface area contributed by atoms with Crippen molar-refractivity contribution >= 4 is 45.1 Å². The van der Waals surface area contributed by atoms with Gasteiger partial charge in [-0.1, -0.05) is 11.6 Å². The predicted molar refractivity (Wildman–Crippen MR) is 84.4 cm³/mol. The lowest BCUT2D eigenvalue weighted by atomic mass is 10.1. The van der Waals surface area contributed by atoms with Crippen LogP contribution >= 0.6 is 22.9 Å². The number of nitrogens with zero attached hydrogens (tertiary/aromatic N) is 3. The zero-order chi connectivity index (χ0) is 14.8. The summed E-state index contributed by atoms with van der Waals surface area (Å²) in [5.41, 5.74) is 0.451. The van der Waals surface area contributed by atoms with E-state index in [-0.39, 0.29) is 5.97 Å². The average Bonchev–Trinajstić information content (AvgIpc) is 2.93. The fourth-order valence-corrected chi connectivity index (χ4v) is 3.71. The molecule has 1 saturated heterocycles. The lowest BCUT2D eigenvalue weighted by Crippen LogP contribution is -2.31. The molecule has 5 nitrogen and oxygen atoms in total. The number of hydrogen-bond acceptors (Lipinski definition) is 6. The number of thiophene rings is 1. The highest BCUT2D eigenvalue weighted by Gasteiger charge is 2.21. The van der Waals surface area contributed by atoms with Gasteiger partial charge in [-0.3, -0.25) is 0 Å². The number of esters is 1. The van der Waals surface area contributed by atoms with E-state index < -0.39 is 0 Å². The van der Waals surface area contributed by atoms with Gasteiger partial charge < -0.3 is 9.64 Å². The summed E-state index contributed by atoms with van der Waals surface area (Å²) in [6.07, 6.45) is 3.55. The molecule has 0 amide bonds. The third-order valence-corrected chi connectivity index (χ3v) is 4.66. The Bertz CT molecular complexity index is 668. The summed E-state index contributed by atoms with van der Waals surface area (Å²) >= 11 is 7.69. The Morgan fingerprint density at radius 2 is 2.14 bits per heavy atom. The molecule has 0 aromatic carbocycles. The molecule has 0 N–H and O–H groups in total. The van der Waals surface area contributed by atoms with E-state index in [2.05, 4.69) is 14.9 Å². The van der Waals surface area contributed by atoms with Crippen molar-refractivity contribution in [2.24, 2.45) is 0 Å². The summed E-state index contributed by atoms with van der Waals surface area (Å²) in [5, 5.41) is 2.66. The molecule has 3 heterocycles. The van der Waals surface area contributed by atoms with Crippen LogP contribution in [0, 0.1) is 0 Å². The predicted octanol–water partition coefficient (Wildman–Crippen LogP) is 3.51. The van der Waals surface area contributed by atoms with Crippen molar-refractivity contribution in [3.05, 3.63) is 16.1 Å². The molecule has 0 radical (unpaired) electrons. The smallest absolute Gasteiger partial charge is 0.339 e. The van der Waals surface area contributed by atoms with Gasteiger partial charge in [-0.2, -0.15) is 0 Å². The number of hydrogen-bond donors (Lipinski definition) is 0. The average molecular weight is 326 g/mol. The molecule has 0 spiro atoms. The largest absolute Gasteiger partial charge is 0.462 e. The summed E-state index contributed by atoms with van der Waals surface area (Å²) in [5.74, 6) is 0.282. The van der Waals surface area contributed by atoms with Gasteiger partial charge >= 0.3 is 5.97 Å². The van der Waals surface area contributed by atoms with Gasteiger partial charge in [0.05, 0.1) is 17.6 Å². The van der Waals surface area contributed by atoms with E-state index in [1.165, 1.54) is 17.8 Å². The molecule has 2 aromatic rings. The summed E-state index contributed by atoms with van der Waals surface area (Å²) in [6, 6.07) is 0. The Morgan fingerprint density at radius 3 is 2.86 bits per heavy atom. The third-order valence-electron chi connectivity index (χ3n) is 3.51. The molecule has 0 bridgehead atoms. The molecule has 1 aliphatic rings. The summed E-state index contributed by atoms with van der Waals surface area (Å²) in [4.78, 5) is 23.7. The second kappa shape index (κ2) is 6.15. The molecule has 0 atom stereocenters. The van der Waals surface area contributed by atoms with Crippen molar-refractivity contribution in [1.82, 2.24) is 9.97 Å². The molecule has 3 rings (SSSR count). The molecule has 1 aliphatic heterocycles. The number of anilines is 1. The maximum absolute atomic E-state index is 11.9. The minimum absolute atomic E-state index is 0.324. The highest BCUT2D eigenvalue weighted by Crippen LogP contribution is 2.32. The number of carbonyl (C=O) groups is 1. The zero-order valence-electron chi connectivity index (χ0n) is 11.8. The number of rotatable bonds is 3. The SMILES string of the molecule is CCOC(=O)c1csc2nc(N3CCCCC3)nc(Cl)c12. The Labute approximate surface area is 131 Å². The molecule has 2 aromatic heterocycles. The van der Waals surface area contributed by atoms with E-state index in [9.17, 15) is 4.79 Å². The van der Waals surface area contributed by atoms with Gasteiger partial charge in [-0.05, 0) is 26.2 Å². The Morgan fingerprint density at radius 1 is 1.38 bits per heavy atom. The number of halogens is 1. The van der Waals surface area contributed by atoms with Crippen molar-refractivity contribution in [1.29, 1.82) is 0 Å². The molecule has 112 valence electrons. The molecule has 1 fully saturated rings. The highest BCUT2D eigenvalue weighted by molar-refractivity contribution is 7.17. The van der Waals surface area contributed by atoms with Crippen LogP contribution in [-0.2, 0) is 4.74 Å². The van der Waals surface area contributed by atoms with Crippen LogP contribution in [0.1, 0.15) is 36.5 Å². The van der Waals surface area contributed by atoms with E-state index >= 15 is 0 Å². The Balaban J connectivity index is 1.99. The Hall–Kier alpha value is -1.40. The van der Waals surface area contributed by atoms with Crippen LogP contribution in [0.5, 0.6) is 0 Å². The normalized spacial score (nSPS) is 15.4. The van der Waals surface area contributed by atoms with Gasteiger partial charge in [0, 0.05) is 18.5 Å². The van der Waals surface area contributed by atoms with Crippen molar-refractivity contribution in [3.63, 3.8) is 0 Å². The van der Waals surface area contributed by atoms with Crippen LogP contribution in [0.4, 0.5) is 5.95 Å². The number of ether oxygens (including phenoxy) is 1. The van der Waals surface area contributed by atoms with E-state index in [0.717, 1.165) is 30.8 Å². The number of fused-ring (bicyclic) bond motifs is 1. The van der Waals surface area contributed by atoms with Gasteiger partial charge in [0.15, 0.2) is 0 Å². The topological polar surface area (TPSA) is 55.3 Å². The molecular formula is C14H16ClN3O2S. The first kappa shape index (κ1) is 14.5. The zero-order valence-corrected chi connectivity index (χ0v) is 13.3. The highest BCUT2D eigenvalue weighted by atomic mass is 35.5. The van der Waals surface area contributed by atoms with E-state index in [1.807, 2.05) is 0 Å². The maximum atomic E-state index is 11.9. The van der Waals surface area contributed by atoms with Crippen LogP contribution < -0.4 is 4.90 Å². The molecule has 0 unspecified atom stereocenters. The minimum atomic E-state index is -0.375. The van der Waals surface area contributed by atoms with Crippen LogP contribution in [0.3, 0.4) is 0 Å². The number of aromatic nitrogens is 2. The summed E-state index contributed by atoms with van der Waals surface area (Å²) < 4.78 is 5.04. The second-order valence-electron chi connectivity index (χ2n) is 4.91. The molecule has 21 heavy (non-hydrogen) atoms.